The van der Waals surface area contributed by atoms with Crippen molar-refractivity contribution < 1.29 is 31.4 Å². The minimum atomic E-state index is -3.56. The highest BCUT2D eigenvalue weighted by Gasteiger charge is 2.32. The van der Waals surface area contributed by atoms with Gasteiger partial charge in [0.05, 0.1) is 10.2 Å². The van der Waals surface area contributed by atoms with Gasteiger partial charge >= 0.3 is 5.97 Å². The van der Waals surface area contributed by atoms with Crippen molar-refractivity contribution in [1.82, 2.24) is 0 Å². The van der Waals surface area contributed by atoms with Crippen LogP contribution in [0.5, 0.6) is 5.75 Å². The van der Waals surface area contributed by atoms with Crippen LogP contribution >= 0.6 is 11.6 Å². The van der Waals surface area contributed by atoms with Gasteiger partial charge in [0.15, 0.2) is 11.4 Å². The van der Waals surface area contributed by atoms with Gasteiger partial charge in [-0.3, -0.25) is 4.79 Å². The third-order valence-corrected chi connectivity index (χ3v) is 3.38. The number of hydrogen-bond acceptors (Lipinski definition) is 4. The van der Waals surface area contributed by atoms with Crippen LogP contribution in [0.3, 0.4) is 0 Å². The van der Waals surface area contributed by atoms with Crippen LogP contribution in [0, 0.1) is 0 Å². The molecule has 0 aromatic heterocycles. The lowest BCUT2D eigenvalue weighted by molar-refractivity contribution is -0.163. The van der Waals surface area contributed by atoms with Gasteiger partial charge < -0.3 is 9.47 Å². The third-order valence-electron chi connectivity index (χ3n) is 3.12. The normalized spacial score (nSPS) is 18.0. The van der Waals surface area contributed by atoms with E-state index in [1.165, 1.54) is 36.4 Å². The Hall–Kier alpha value is -2.33. The molecule has 2 aromatic carbocycles. The van der Waals surface area contributed by atoms with Gasteiger partial charge in [-0.1, -0.05) is 11.6 Å². The van der Waals surface area contributed by atoms with E-state index in [0.717, 1.165) is 13.8 Å². The van der Waals surface area contributed by atoms with E-state index >= 15 is 0 Å². The Bertz CT molecular complexity index is 1080. The SMILES string of the molecule is [2H]c1c(OC(C)(C)C(=O)OC([2H])(C([2H])([2H])[2H])C([2H])([2H])[2H])ccc(C(=O)c2ccc(Cl)cc2)c1[2H]. The smallest absolute Gasteiger partial charge is 0.350 e. The van der Waals surface area contributed by atoms with Crippen LogP contribution in [0.2, 0.25) is 5.02 Å². The third kappa shape index (κ3) is 5.07. The van der Waals surface area contributed by atoms with Gasteiger partial charge in [0.25, 0.3) is 0 Å². The minimum Gasteiger partial charge on any atom is -0.476 e. The Balaban J connectivity index is 2.33. The van der Waals surface area contributed by atoms with Crippen molar-refractivity contribution in [1.29, 1.82) is 0 Å². The largest absolute Gasteiger partial charge is 0.476 e. The zero-order valence-corrected chi connectivity index (χ0v) is 14.2. The average molecular weight is 370 g/mol. The molecule has 0 aliphatic carbocycles. The molecule has 0 spiro atoms. The van der Waals surface area contributed by atoms with Crippen molar-refractivity contribution in [2.75, 3.05) is 0 Å². The van der Waals surface area contributed by atoms with Gasteiger partial charge in [-0.2, -0.15) is 0 Å². The minimum absolute atomic E-state index is 0.116. The monoisotopic (exact) mass is 369 g/mol. The van der Waals surface area contributed by atoms with Crippen LogP contribution in [-0.4, -0.2) is 23.4 Å². The molecule has 2 rings (SSSR count). The summed E-state index contributed by atoms with van der Waals surface area (Å²) in [7, 11) is 0. The zero-order chi connectivity index (χ0) is 26.3. The van der Waals surface area contributed by atoms with E-state index in [2.05, 4.69) is 4.74 Å². The fourth-order valence-corrected chi connectivity index (χ4v) is 1.98. The van der Waals surface area contributed by atoms with Gasteiger partial charge in [-0.15, -0.1) is 0 Å². The molecule has 0 radical (unpaired) electrons. The van der Waals surface area contributed by atoms with Crippen LogP contribution in [0.15, 0.2) is 48.5 Å². The van der Waals surface area contributed by atoms with Crippen molar-refractivity contribution in [3.63, 3.8) is 0 Å². The van der Waals surface area contributed by atoms with Crippen molar-refractivity contribution in [3.8, 4) is 5.75 Å². The van der Waals surface area contributed by atoms with Crippen molar-refractivity contribution >= 4 is 23.4 Å². The summed E-state index contributed by atoms with van der Waals surface area (Å²) in [5.41, 5.74) is -1.93. The standard InChI is InChI=1S/C20H21ClO4/c1-13(2)24-19(23)20(3,4)25-17-11-7-15(8-12-17)18(22)14-5-9-16(21)10-6-14/h5-13H,1-4H3/i1D3,2D3,7D,11D,13D. The first-order chi connectivity index (χ1) is 15.3. The molecule has 0 fully saturated rings. The van der Waals surface area contributed by atoms with Crippen molar-refractivity contribution in [3.05, 3.63) is 64.6 Å². The highest BCUT2D eigenvalue weighted by atomic mass is 35.5. The summed E-state index contributed by atoms with van der Waals surface area (Å²) >= 11 is 5.81. The topological polar surface area (TPSA) is 52.6 Å². The molecule has 0 bridgehead atoms. The quantitative estimate of drug-likeness (QED) is 0.548. The number of esters is 1. The Morgan fingerprint density at radius 1 is 1.12 bits per heavy atom. The van der Waals surface area contributed by atoms with Crippen LogP contribution in [0.4, 0.5) is 0 Å². The van der Waals surface area contributed by atoms with Crippen LogP contribution < -0.4 is 4.74 Å². The van der Waals surface area contributed by atoms with Gasteiger partial charge in [0, 0.05) is 24.4 Å². The maximum atomic E-state index is 12.7. The first-order valence-corrected chi connectivity index (χ1v) is 7.52. The van der Waals surface area contributed by atoms with E-state index in [1.807, 2.05) is 0 Å². The maximum Gasteiger partial charge on any atom is 0.350 e. The summed E-state index contributed by atoms with van der Waals surface area (Å²) in [5, 5.41) is 0.412. The molecule has 5 heteroatoms. The van der Waals surface area contributed by atoms with Gasteiger partial charge in [0.2, 0.25) is 0 Å². The summed E-state index contributed by atoms with van der Waals surface area (Å²) in [4.78, 5) is 25.3. The molecule has 0 heterocycles. The number of halogens is 1. The zero-order valence-electron chi connectivity index (χ0n) is 22.5. The lowest BCUT2D eigenvalue weighted by atomic mass is 10.0. The van der Waals surface area contributed by atoms with Crippen molar-refractivity contribution in [2.45, 2.75) is 39.2 Å². The number of carbonyl (C=O) groups is 2. The summed E-state index contributed by atoms with van der Waals surface area (Å²) in [5.74, 6) is -2.35. The van der Waals surface area contributed by atoms with Gasteiger partial charge in [-0.25, -0.2) is 4.79 Å². The molecule has 0 aliphatic rings. The molecule has 0 amide bonds. The van der Waals surface area contributed by atoms with Crippen LogP contribution in [0.25, 0.3) is 0 Å². The molecule has 0 unspecified atom stereocenters. The van der Waals surface area contributed by atoms with E-state index in [4.69, 9.17) is 28.7 Å². The first kappa shape index (κ1) is 9.97. The molecule has 4 nitrogen and oxygen atoms in total. The summed E-state index contributed by atoms with van der Waals surface area (Å²) in [6.45, 7) is -4.76. The summed E-state index contributed by atoms with van der Waals surface area (Å²) in [6, 6.07) is 7.24. The predicted molar refractivity (Wildman–Crippen MR) is 97.3 cm³/mol. The Morgan fingerprint density at radius 3 is 2.40 bits per heavy atom. The second-order valence-corrected chi connectivity index (χ2v) is 5.96. The van der Waals surface area contributed by atoms with Gasteiger partial charge in [-0.05, 0) is 76.0 Å². The predicted octanol–water partition coefficient (Wildman–Crippen LogP) is 4.68. The fourth-order valence-electron chi connectivity index (χ4n) is 1.85. The second-order valence-electron chi connectivity index (χ2n) is 5.53. The molecule has 25 heavy (non-hydrogen) atoms. The lowest BCUT2D eigenvalue weighted by Crippen LogP contribution is -2.40. The molecule has 0 saturated carbocycles. The molecule has 0 aliphatic heterocycles. The Morgan fingerprint density at radius 2 is 1.76 bits per heavy atom. The summed E-state index contributed by atoms with van der Waals surface area (Å²) in [6.07, 6.45) is -3.56. The summed E-state index contributed by atoms with van der Waals surface area (Å²) < 4.78 is 78.3. The average Bonchev–Trinajstić information content (AvgIpc) is 2.69. The lowest BCUT2D eigenvalue weighted by Gasteiger charge is -2.25. The van der Waals surface area contributed by atoms with E-state index in [0.29, 0.717) is 5.02 Å². The molecule has 0 N–H and O–H groups in total. The molecule has 132 valence electrons. The Kier molecular flexibility index (Phi) is 3.07. The highest BCUT2D eigenvalue weighted by molar-refractivity contribution is 6.30. The van der Waals surface area contributed by atoms with Crippen molar-refractivity contribution in [2.24, 2.45) is 0 Å². The number of ether oxygens (including phenoxy) is 2. The number of carbonyl (C=O) groups excluding carboxylic acids is 2. The molecule has 2 aromatic rings. The number of rotatable bonds is 6. The fraction of sp³-hybridized carbons (Fsp3) is 0.300. The maximum absolute atomic E-state index is 12.7. The van der Waals surface area contributed by atoms with E-state index < -0.39 is 49.2 Å². The Labute approximate surface area is 165 Å². The van der Waals surface area contributed by atoms with E-state index in [-0.39, 0.29) is 16.9 Å². The van der Waals surface area contributed by atoms with Crippen LogP contribution in [-0.2, 0) is 9.53 Å². The van der Waals surface area contributed by atoms with E-state index in [9.17, 15) is 9.59 Å². The number of benzene rings is 2. The number of hydrogen-bond donors (Lipinski definition) is 0. The molecule has 0 atom stereocenters. The molecule has 0 saturated heterocycles. The van der Waals surface area contributed by atoms with Crippen LogP contribution in [0.1, 0.15) is 55.8 Å². The van der Waals surface area contributed by atoms with E-state index in [1.54, 1.807) is 0 Å². The van der Waals surface area contributed by atoms with Gasteiger partial charge in [0.1, 0.15) is 5.75 Å². The number of ketones is 1. The second kappa shape index (κ2) is 7.70. The molecular weight excluding hydrogens is 340 g/mol. The highest BCUT2D eigenvalue weighted by Crippen LogP contribution is 2.22. The molecular formula is C20H21ClO4. The first-order valence-electron chi connectivity index (χ1n) is 11.6.